The van der Waals surface area contributed by atoms with Gasteiger partial charge in [-0.25, -0.2) is 9.98 Å². The fraction of sp³-hybridized carbons (Fsp3) is 0.0909. The van der Waals surface area contributed by atoms with Gasteiger partial charge in [-0.1, -0.05) is 121 Å². The van der Waals surface area contributed by atoms with Crippen molar-refractivity contribution in [2.45, 2.75) is 30.2 Å². The Hall–Kier alpha value is -5.45. The minimum absolute atomic E-state index is 0.0402. The Morgan fingerprint density at radius 2 is 1.31 bits per heavy atom. The summed E-state index contributed by atoms with van der Waals surface area (Å²) in [7, 11) is 0. The summed E-state index contributed by atoms with van der Waals surface area (Å²) in [6, 6.07) is 50.5. The van der Waals surface area contributed by atoms with Crippen molar-refractivity contribution in [1.82, 2.24) is 4.57 Å². The van der Waals surface area contributed by atoms with Crippen LogP contribution in [-0.2, 0) is 0 Å². The van der Waals surface area contributed by atoms with Gasteiger partial charge < -0.3 is 4.57 Å². The summed E-state index contributed by atoms with van der Waals surface area (Å²) in [5, 5.41) is 7.57. The molecule has 8 aromatic rings. The molecule has 0 saturated carbocycles. The number of amidine groups is 1. The molecule has 228 valence electrons. The van der Waals surface area contributed by atoms with Crippen LogP contribution >= 0.6 is 11.8 Å². The molecule has 0 N–H and O–H groups in total. The molecule has 7 aromatic carbocycles. The third-order valence-corrected chi connectivity index (χ3v) is 11.6. The predicted molar refractivity (Wildman–Crippen MR) is 204 cm³/mol. The van der Waals surface area contributed by atoms with Gasteiger partial charge in [-0.2, -0.15) is 0 Å². The normalized spacial score (nSPS) is 17.1. The van der Waals surface area contributed by atoms with Crippen molar-refractivity contribution < 1.29 is 0 Å². The van der Waals surface area contributed by atoms with Crippen molar-refractivity contribution in [2.24, 2.45) is 9.98 Å². The number of aromatic nitrogens is 1. The van der Waals surface area contributed by atoms with Crippen LogP contribution in [0.1, 0.15) is 28.4 Å². The van der Waals surface area contributed by atoms with E-state index in [1.165, 1.54) is 76.1 Å². The number of hydrogen-bond donors (Lipinski definition) is 0. The van der Waals surface area contributed by atoms with Crippen molar-refractivity contribution in [3.8, 4) is 11.1 Å². The maximum Gasteiger partial charge on any atom is 0.157 e. The van der Waals surface area contributed by atoms with Crippen molar-refractivity contribution in [3.05, 3.63) is 162 Å². The summed E-state index contributed by atoms with van der Waals surface area (Å²) in [5.41, 5.74) is 11.0. The van der Waals surface area contributed by atoms with Gasteiger partial charge in [0.1, 0.15) is 6.17 Å². The van der Waals surface area contributed by atoms with E-state index in [9.17, 15) is 0 Å². The van der Waals surface area contributed by atoms with E-state index < -0.39 is 0 Å². The number of aliphatic imine (C=N–C) groups is 2. The third kappa shape index (κ3) is 3.96. The predicted octanol–water partition coefficient (Wildman–Crippen LogP) is 11.3. The van der Waals surface area contributed by atoms with Crippen molar-refractivity contribution in [1.29, 1.82) is 0 Å². The van der Waals surface area contributed by atoms with E-state index in [1.54, 1.807) is 0 Å². The molecular weight excluding hydrogens is 603 g/mol. The molecule has 0 radical (unpaired) electrons. The number of para-hydroxylation sites is 1. The lowest BCUT2D eigenvalue weighted by molar-refractivity contribution is 0.584. The van der Waals surface area contributed by atoms with E-state index in [4.69, 9.17) is 9.98 Å². The number of rotatable bonds is 3. The largest absolute Gasteiger partial charge is 0.316 e. The molecule has 2 unspecified atom stereocenters. The minimum atomic E-state index is -0.205. The first kappa shape index (κ1) is 27.6. The molecule has 0 aliphatic carbocycles. The topological polar surface area (TPSA) is 29.6 Å². The van der Waals surface area contributed by atoms with Gasteiger partial charge in [-0.15, -0.1) is 11.8 Å². The quantitative estimate of drug-likeness (QED) is 0.190. The van der Waals surface area contributed by atoms with Crippen LogP contribution < -0.4 is 0 Å². The first-order valence-electron chi connectivity index (χ1n) is 16.6. The molecule has 2 aliphatic rings. The summed E-state index contributed by atoms with van der Waals surface area (Å²) < 4.78 is 2.55. The second-order valence-electron chi connectivity index (χ2n) is 12.9. The average Bonchev–Trinajstić information content (AvgIpc) is 3.69. The molecule has 0 spiro atoms. The van der Waals surface area contributed by atoms with Gasteiger partial charge in [0.05, 0.1) is 22.0 Å². The van der Waals surface area contributed by atoms with Gasteiger partial charge >= 0.3 is 0 Å². The fourth-order valence-corrected chi connectivity index (χ4v) is 9.39. The summed E-state index contributed by atoms with van der Waals surface area (Å²) >= 11 is 1.90. The van der Waals surface area contributed by atoms with E-state index in [1.807, 2.05) is 11.8 Å². The summed E-state index contributed by atoms with van der Waals surface area (Å²) in [6.45, 7) is 4.54. The second-order valence-corrected chi connectivity index (χ2v) is 14.1. The lowest BCUT2D eigenvalue weighted by Gasteiger charge is -2.28. The Bertz CT molecular complexity index is 2700. The maximum absolute atomic E-state index is 5.64. The molecule has 10 rings (SSSR count). The average molecular weight is 634 g/mol. The van der Waals surface area contributed by atoms with Crippen LogP contribution in [0.4, 0.5) is 0 Å². The van der Waals surface area contributed by atoms with Crippen LogP contribution in [0.3, 0.4) is 0 Å². The number of thioether (sulfide) groups is 1. The van der Waals surface area contributed by atoms with E-state index >= 15 is 0 Å². The van der Waals surface area contributed by atoms with Crippen molar-refractivity contribution in [3.63, 3.8) is 0 Å². The lowest BCUT2D eigenvalue weighted by Crippen LogP contribution is -2.31. The molecule has 2 aliphatic heterocycles. The molecule has 3 heterocycles. The molecule has 1 aromatic heterocycles. The van der Waals surface area contributed by atoms with Crippen LogP contribution in [0.2, 0.25) is 0 Å². The summed E-state index contributed by atoms with van der Waals surface area (Å²) in [4.78, 5) is 12.3. The molecule has 48 heavy (non-hydrogen) atoms. The van der Waals surface area contributed by atoms with Crippen molar-refractivity contribution in [2.75, 3.05) is 0 Å². The van der Waals surface area contributed by atoms with Crippen LogP contribution in [-0.4, -0.2) is 21.4 Å². The Morgan fingerprint density at radius 1 is 0.625 bits per heavy atom. The Balaban J connectivity index is 1.32. The molecule has 2 atom stereocenters. The highest BCUT2D eigenvalue weighted by Crippen LogP contribution is 2.50. The number of benzene rings is 7. The highest BCUT2D eigenvalue weighted by Gasteiger charge is 2.41. The van der Waals surface area contributed by atoms with E-state index in [0.29, 0.717) is 0 Å². The molecule has 0 fully saturated rings. The Kier molecular flexibility index (Phi) is 6.06. The summed E-state index contributed by atoms with van der Waals surface area (Å²) in [5.74, 6) is 0.790. The molecule has 0 amide bonds. The molecular formula is C44H31N3S. The van der Waals surface area contributed by atoms with Crippen LogP contribution in [0, 0.1) is 13.8 Å². The molecule has 0 saturated heterocycles. The Morgan fingerprint density at radius 3 is 2.17 bits per heavy atom. The molecule has 4 heteroatoms. The van der Waals surface area contributed by atoms with Gasteiger partial charge in [0, 0.05) is 26.8 Å². The standard InChI is InChI=1S/C44H31N3S/c1-26-13-3-6-16-31(26)38-27(2)41-39(33-18-8-7-17-32(33)38)34-19-9-11-21-36(34)47(41)44-42-40(35-20-10-12-22-37(35)48-42)45-43(46-44)30-24-23-28-14-4-5-15-29(28)25-30/h3-25,42,44H,1-2H3. The van der Waals surface area contributed by atoms with Crippen LogP contribution in [0.15, 0.2) is 154 Å². The van der Waals surface area contributed by atoms with E-state index in [2.05, 4.69) is 158 Å². The minimum Gasteiger partial charge on any atom is -0.316 e. The Labute approximate surface area is 283 Å². The number of aryl methyl sites for hydroxylation is 2. The van der Waals surface area contributed by atoms with Gasteiger partial charge in [-0.05, 0) is 75.8 Å². The lowest BCUT2D eigenvalue weighted by atomic mass is 9.89. The first-order valence-corrected chi connectivity index (χ1v) is 17.5. The fourth-order valence-electron chi connectivity index (χ4n) is 8.07. The SMILES string of the molecule is Cc1ccccc1-c1c(C)c2c(c3ccccc13)c1ccccc1n2C1N=C(c2ccc3ccccc3c2)N=C2c3ccccc3SC21. The van der Waals surface area contributed by atoms with Gasteiger partial charge in [0.25, 0.3) is 0 Å². The van der Waals surface area contributed by atoms with Crippen LogP contribution in [0.25, 0.3) is 54.5 Å². The zero-order valence-corrected chi connectivity index (χ0v) is 27.5. The molecule has 3 nitrogen and oxygen atoms in total. The zero-order valence-electron chi connectivity index (χ0n) is 26.7. The number of hydrogen-bond acceptors (Lipinski definition) is 3. The number of nitrogens with zero attached hydrogens (tertiary/aromatic N) is 3. The van der Waals surface area contributed by atoms with Gasteiger partial charge in [0.15, 0.2) is 5.84 Å². The third-order valence-electron chi connectivity index (χ3n) is 10.2. The number of fused-ring (bicyclic) bond motifs is 9. The zero-order chi connectivity index (χ0) is 31.9. The highest BCUT2D eigenvalue weighted by atomic mass is 32.2. The van der Waals surface area contributed by atoms with Crippen molar-refractivity contribution >= 4 is 66.7 Å². The smallest absolute Gasteiger partial charge is 0.157 e. The van der Waals surface area contributed by atoms with E-state index in [0.717, 1.165) is 17.1 Å². The first-order chi connectivity index (χ1) is 23.7. The second kappa shape index (κ2) is 10.5. The summed E-state index contributed by atoms with van der Waals surface area (Å²) in [6.07, 6.45) is -0.205. The van der Waals surface area contributed by atoms with E-state index in [-0.39, 0.29) is 11.4 Å². The molecule has 0 bridgehead atoms. The van der Waals surface area contributed by atoms with Crippen LogP contribution in [0.5, 0.6) is 0 Å². The van der Waals surface area contributed by atoms with Gasteiger partial charge in [-0.3, -0.25) is 0 Å². The monoisotopic (exact) mass is 633 g/mol. The van der Waals surface area contributed by atoms with Gasteiger partial charge in [0.2, 0.25) is 0 Å². The highest BCUT2D eigenvalue weighted by molar-refractivity contribution is 8.01. The maximum atomic E-state index is 5.64.